The zero-order valence-electron chi connectivity index (χ0n) is 17.6. The Kier molecular flexibility index (Phi) is 4.98. The molecule has 7 heteroatoms. The Balaban J connectivity index is 1.58. The molecule has 2 aliphatic rings. The molecule has 1 saturated heterocycles. The summed E-state index contributed by atoms with van der Waals surface area (Å²) in [6.07, 6.45) is 1.64. The van der Waals surface area contributed by atoms with Gasteiger partial charge in [-0.1, -0.05) is 12.1 Å². The van der Waals surface area contributed by atoms with Crippen LogP contribution >= 0.6 is 0 Å². The number of aromatic nitrogens is 2. The topological polar surface area (TPSA) is 59.4 Å². The first kappa shape index (κ1) is 19.8. The second kappa shape index (κ2) is 7.81. The Bertz CT molecular complexity index is 1120. The minimum atomic E-state index is -0.360. The van der Waals surface area contributed by atoms with Gasteiger partial charge in [0.25, 0.3) is 5.91 Å². The number of amides is 1. The smallest absolute Gasteiger partial charge is 0.257 e. The molecular weight excluding hydrogens is 395 g/mol. The van der Waals surface area contributed by atoms with Gasteiger partial charge >= 0.3 is 0 Å². The summed E-state index contributed by atoms with van der Waals surface area (Å²) in [5.74, 6) is -0.299. The van der Waals surface area contributed by atoms with Crippen molar-refractivity contribution in [2.75, 3.05) is 18.5 Å². The zero-order chi connectivity index (χ0) is 21.5. The van der Waals surface area contributed by atoms with Gasteiger partial charge in [-0.05, 0) is 63.1 Å². The highest BCUT2D eigenvalue weighted by Gasteiger charge is 2.37. The number of nitrogens with one attached hydrogen (secondary N) is 1. The van der Waals surface area contributed by atoms with Crippen molar-refractivity contribution in [2.24, 2.45) is 0 Å². The van der Waals surface area contributed by atoms with Gasteiger partial charge in [-0.3, -0.25) is 4.79 Å². The van der Waals surface area contributed by atoms with E-state index in [1.807, 2.05) is 43.0 Å². The number of para-hydroxylation sites is 1. The van der Waals surface area contributed by atoms with Crippen LogP contribution in [0.1, 0.15) is 46.3 Å². The number of hydrogen-bond donors (Lipinski definition) is 1. The van der Waals surface area contributed by atoms with Crippen molar-refractivity contribution in [1.82, 2.24) is 14.7 Å². The lowest BCUT2D eigenvalue weighted by molar-refractivity contribution is 0.0426. The van der Waals surface area contributed by atoms with Crippen LogP contribution in [0, 0.1) is 19.7 Å². The van der Waals surface area contributed by atoms with Crippen LogP contribution in [-0.4, -0.2) is 39.8 Å². The van der Waals surface area contributed by atoms with Gasteiger partial charge in [0.15, 0.2) is 0 Å². The second-order valence-electron chi connectivity index (χ2n) is 8.16. The minimum absolute atomic E-state index is 0.0109. The summed E-state index contributed by atoms with van der Waals surface area (Å²) in [5, 5.41) is 8.28. The van der Waals surface area contributed by atoms with E-state index in [0.717, 1.165) is 47.8 Å². The number of anilines is 1. The van der Waals surface area contributed by atoms with E-state index in [0.29, 0.717) is 12.1 Å². The fourth-order valence-corrected chi connectivity index (χ4v) is 4.60. The van der Waals surface area contributed by atoms with Gasteiger partial charge in [-0.25, -0.2) is 9.07 Å². The van der Waals surface area contributed by atoms with Crippen LogP contribution in [0.4, 0.5) is 10.1 Å². The molecule has 2 atom stereocenters. The number of rotatable bonds is 4. The van der Waals surface area contributed by atoms with Crippen molar-refractivity contribution in [3.05, 3.63) is 76.9 Å². The normalized spacial score (nSPS) is 20.6. The molecule has 2 aromatic carbocycles. The highest BCUT2D eigenvalue weighted by molar-refractivity contribution is 6.01. The Morgan fingerprint density at radius 1 is 1.16 bits per heavy atom. The monoisotopic (exact) mass is 420 g/mol. The van der Waals surface area contributed by atoms with Crippen LogP contribution in [0.2, 0.25) is 0 Å². The van der Waals surface area contributed by atoms with Gasteiger partial charge in [0.1, 0.15) is 12.0 Å². The van der Waals surface area contributed by atoms with Crippen molar-refractivity contribution in [3.63, 3.8) is 0 Å². The number of benzene rings is 2. The number of nitrogens with zero attached hydrogens (tertiary/aromatic N) is 3. The van der Waals surface area contributed by atoms with E-state index in [4.69, 9.17) is 9.84 Å². The molecule has 160 valence electrons. The van der Waals surface area contributed by atoms with Crippen LogP contribution in [0.25, 0.3) is 5.69 Å². The van der Waals surface area contributed by atoms with Crippen LogP contribution in [0.5, 0.6) is 0 Å². The fourth-order valence-electron chi connectivity index (χ4n) is 4.60. The summed E-state index contributed by atoms with van der Waals surface area (Å²) in [6, 6.07) is 13.8. The zero-order valence-corrected chi connectivity index (χ0v) is 17.6. The first-order valence-electron chi connectivity index (χ1n) is 10.6. The number of ether oxygens (including phenoxy) is 1. The minimum Gasteiger partial charge on any atom is -0.376 e. The van der Waals surface area contributed by atoms with Gasteiger partial charge in [0, 0.05) is 30.1 Å². The van der Waals surface area contributed by atoms with E-state index in [9.17, 15) is 9.18 Å². The van der Waals surface area contributed by atoms with Gasteiger partial charge in [-0.15, -0.1) is 0 Å². The lowest BCUT2D eigenvalue weighted by atomic mass is 10.0. The maximum absolute atomic E-state index is 13.5. The number of aryl methyl sites for hydroxylation is 1. The van der Waals surface area contributed by atoms with Crippen molar-refractivity contribution in [1.29, 1.82) is 0 Å². The van der Waals surface area contributed by atoms with Gasteiger partial charge in [-0.2, -0.15) is 5.10 Å². The number of hydrogen-bond acceptors (Lipinski definition) is 4. The predicted octanol–water partition coefficient (Wildman–Crippen LogP) is 4.37. The van der Waals surface area contributed by atoms with E-state index < -0.39 is 0 Å². The molecule has 0 bridgehead atoms. The maximum Gasteiger partial charge on any atom is 0.257 e. The fraction of sp³-hybridized carbons (Fsp3) is 0.333. The van der Waals surface area contributed by atoms with E-state index >= 15 is 0 Å². The molecule has 1 aromatic heterocycles. The molecule has 0 radical (unpaired) electrons. The molecule has 1 amide bonds. The molecular formula is C24H25FN4O2. The van der Waals surface area contributed by atoms with Crippen LogP contribution < -0.4 is 5.32 Å². The lowest BCUT2D eigenvalue weighted by Crippen LogP contribution is -2.46. The first-order valence-corrected chi connectivity index (χ1v) is 10.6. The van der Waals surface area contributed by atoms with Crippen molar-refractivity contribution in [2.45, 2.75) is 39.0 Å². The summed E-state index contributed by atoms with van der Waals surface area (Å²) in [7, 11) is 0. The largest absolute Gasteiger partial charge is 0.376 e. The first-order chi connectivity index (χ1) is 15.0. The SMILES string of the molecule is Cc1nn(-c2ccc(F)cc2)c(C)c1C1Nc2ccccc2C(=O)N1CC1CCCO1. The number of carbonyl (C=O) groups excluding carboxylic acids is 1. The molecule has 1 fully saturated rings. The van der Waals surface area contributed by atoms with Crippen LogP contribution in [0.3, 0.4) is 0 Å². The number of carbonyl (C=O) groups is 1. The van der Waals surface area contributed by atoms with Crippen LogP contribution in [0.15, 0.2) is 48.5 Å². The molecule has 31 heavy (non-hydrogen) atoms. The average Bonchev–Trinajstić information content (AvgIpc) is 3.38. The Morgan fingerprint density at radius 2 is 1.94 bits per heavy atom. The third kappa shape index (κ3) is 3.49. The van der Waals surface area contributed by atoms with Gasteiger partial charge in [0.2, 0.25) is 0 Å². The van der Waals surface area contributed by atoms with Crippen LogP contribution in [-0.2, 0) is 4.74 Å². The maximum atomic E-state index is 13.5. The highest BCUT2D eigenvalue weighted by atomic mass is 19.1. The predicted molar refractivity (Wildman–Crippen MR) is 116 cm³/mol. The average molecular weight is 420 g/mol. The number of fused-ring (bicyclic) bond motifs is 1. The van der Waals surface area contributed by atoms with Crippen molar-refractivity contribution in [3.8, 4) is 5.69 Å². The lowest BCUT2D eigenvalue weighted by Gasteiger charge is -2.39. The number of halogens is 1. The molecule has 6 nitrogen and oxygen atoms in total. The summed E-state index contributed by atoms with van der Waals surface area (Å²) in [6.45, 7) is 5.18. The third-order valence-corrected chi connectivity index (χ3v) is 6.14. The quantitative estimate of drug-likeness (QED) is 0.681. The van der Waals surface area contributed by atoms with E-state index in [1.54, 1.807) is 16.8 Å². The van der Waals surface area contributed by atoms with E-state index in [1.165, 1.54) is 12.1 Å². The summed E-state index contributed by atoms with van der Waals surface area (Å²) in [5.41, 5.74) is 4.94. The molecule has 0 spiro atoms. The van der Waals surface area contributed by atoms with Gasteiger partial charge < -0.3 is 15.0 Å². The van der Waals surface area contributed by atoms with E-state index in [2.05, 4.69) is 5.32 Å². The Hall–Kier alpha value is -3.19. The highest BCUT2D eigenvalue weighted by Crippen LogP contribution is 2.37. The molecule has 2 aliphatic heterocycles. The molecule has 3 heterocycles. The standard InChI is InChI=1S/C24H25FN4O2/c1-15-22(16(2)29(27-15)18-11-9-17(25)10-12-18)23-26-21-8-4-3-7-20(21)24(30)28(23)14-19-6-5-13-31-19/h3-4,7-12,19,23,26H,5-6,13-14H2,1-2H3. The second-order valence-corrected chi connectivity index (χ2v) is 8.16. The molecule has 3 aromatic rings. The summed E-state index contributed by atoms with van der Waals surface area (Å²) < 4.78 is 21.1. The van der Waals surface area contributed by atoms with Gasteiger partial charge in [0.05, 0.1) is 23.0 Å². The third-order valence-electron chi connectivity index (χ3n) is 6.14. The summed E-state index contributed by atoms with van der Waals surface area (Å²) in [4.78, 5) is 15.4. The molecule has 0 saturated carbocycles. The molecule has 0 aliphatic carbocycles. The summed E-state index contributed by atoms with van der Waals surface area (Å²) >= 11 is 0. The molecule has 5 rings (SSSR count). The Labute approximate surface area is 180 Å². The van der Waals surface area contributed by atoms with E-state index in [-0.39, 0.29) is 24.0 Å². The Morgan fingerprint density at radius 3 is 2.68 bits per heavy atom. The van der Waals surface area contributed by atoms with Crippen molar-refractivity contribution >= 4 is 11.6 Å². The molecule has 2 unspecified atom stereocenters. The van der Waals surface area contributed by atoms with Crippen molar-refractivity contribution < 1.29 is 13.9 Å². The molecule has 1 N–H and O–H groups in total.